The summed E-state index contributed by atoms with van der Waals surface area (Å²) < 4.78 is 0. The van der Waals surface area contributed by atoms with Crippen molar-refractivity contribution >= 4 is 11.6 Å². The van der Waals surface area contributed by atoms with Crippen molar-refractivity contribution in [1.29, 1.82) is 0 Å². The van der Waals surface area contributed by atoms with Gasteiger partial charge in [0, 0.05) is 24.7 Å². The van der Waals surface area contributed by atoms with E-state index in [9.17, 15) is 9.59 Å². The molecule has 0 N–H and O–H groups in total. The molecule has 10 heavy (non-hydrogen) atoms. The van der Waals surface area contributed by atoms with Crippen molar-refractivity contribution in [2.24, 2.45) is 11.8 Å². The molecule has 2 aliphatic carbocycles. The molecule has 0 heterocycles. The molecule has 2 aliphatic rings. The fourth-order valence-corrected chi connectivity index (χ4v) is 1.96. The van der Waals surface area contributed by atoms with Crippen molar-refractivity contribution in [2.45, 2.75) is 25.7 Å². The summed E-state index contributed by atoms with van der Waals surface area (Å²) >= 11 is 0. The van der Waals surface area contributed by atoms with E-state index in [1.807, 2.05) is 0 Å². The van der Waals surface area contributed by atoms with Crippen molar-refractivity contribution < 1.29 is 9.59 Å². The lowest BCUT2D eigenvalue weighted by molar-refractivity contribution is -0.146. The fourth-order valence-electron chi connectivity index (χ4n) is 1.96. The molecule has 2 atom stereocenters. The summed E-state index contributed by atoms with van der Waals surface area (Å²) in [5.74, 6) is 0.927. The molecule has 2 fully saturated rings. The van der Waals surface area contributed by atoms with E-state index in [4.69, 9.17) is 0 Å². The van der Waals surface area contributed by atoms with Crippen LogP contribution in [-0.2, 0) is 9.59 Å². The van der Waals surface area contributed by atoms with Crippen LogP contribution in [0.4, 0.5) is 0 Å². The topological polar surface area (TPSA) is 34.1 Å². The second-order valence-electron chi connectivity index (χ2n) is 3.24. The van der Waals surface area contributed by atoms with Crippen molar-refractivity contribution in [3.8, 4) is 0 Å². The van der Waals surface area contributed by atoms with Crippen LogP contribution in [0.25, 0.3) is 0 Å². The average Bonchev–Trinajstić information content (AvgIpc) is 1.91. The van der Waals surface area contributed by atoms with Crippen LogP contribution in [0.2, 0.25) is 0 Å². The number of carbonyl (C=O) groups is 2. The lowest BCUT2D eigenvalue weighted by Crippen LogP contribution is -2.44. The van der Waals surface area contributed by atoms with Crippen LogP contribution < -0.4 is 0 Å². The third-order valence-corrected chi connectivity index (χ3v) is 2.67. The van der Waals surface area contributed by atoms with E-state index in [-0.39, 0.29) is 11.8 Å². The van der Waals surface area contributed by atoms with Gasteiger partial charge >= 0.3 is 0 Å². The molecule has 0 radical (unpaired) electrons. The van der Waals surface area contributed by atoms with E-state index in [1.165, 1.54) is 0 Å². The lowest BCUT2D eigenvalue weighted by atomic mass is 9.64. The SMILES string of the molecule is O=C1CC2C(=O)CCCC12. The standard InChI is InChI=1S/C8H10O2/c9-7-3-1-2-5-6(7)4-8(5)10/h5-6H,1-4H2. The number of hydrogen-bond donors (Lipinski definition) is 0. The molecule has 0 amide bonds. The summed E-state index contributed by atoms with van der Waals surface area (Å²) in [6.45, 7) is 0. The highest BCUT2D eigenvalue weighted by Gasteiger charge is 2.45. The summed E-state index contributed by atoms with van der Waals surface area (Å²) in [4.78, 5) is 21.9. The van der Waals surface area contributed by atoms with Gasteiger partial charge in [0.15, 0.2) is 0 Å². The van der Waals surface area contributed by atoms with Crippen molar-refractivity contribution in [3.05, 3.63) is 0 Å². The summed E-state index contributed by atoms with van der Waals surface area (Å²) in [5.41, 5.74) is 0. The van der Waals surface area contributed by atoms with Gasteiger partial charge in [0.25, 0.3) is 0 Å². The Balaban J connectivity index is 2.12. The normalized spacial score (nSPS) is 38.8. The molecule has 2 heteroatoms. The minimum atomic E-state index is 0.140. The van der Waals surface area contributed by atoms with E-state index in [0.29, 0.717) is 24.4 Å². The molecule has 2 nitrogen and oxygen atoms in total. The first-order valence-corrected chi connectivity index (χ1v) is 3.84. The Bertz CT molecular complexity index is 195. The molecule has 0 spiro atoms. The summed E-state index contributed by atoms with van der Waals surface area (Å²) in [6, 6.07) is 0. The highest BCUT2D eigenvalue weighted by molar-refractivity contribution is 5.99. The predicted octanol–water partition coefficient (Wildman–Crippen LogP) is 0.945. The summed E-state index contributed by atoms with van der Waals surface area (Å²) in [7, 11) is 0. The second-order valence-corrected chi connectivity index (χ2v) is 3.24. The number of ketones is 2. The lowest BCUT2D eigenvalue weighted by Gasteiger charge is -2.37. The molecule has 0 saturated heterocycles. The zero-order valence-corrected chi connectivity index (χ0v) is 5.80. The van der Waals surface area contributed by atoms with Crippen LogP contribution >= 0.6 is 0 Å². The number of hydrogen-bond acceptors (Lipinski definition) is 2. The maximum Gasteiger partial charge on any atom is 0.137 e. The minimum Gasteiger partial charge on any atom is -0.299 e. The molecule has 0 bridgehead atoms. The van der Waals surface area contributed by atoms with E-state index >= 15 is 0 Å². The predicted molar refractivity (Wildman–Crippen MR) is 35.5 cm³/mol. The van der Waals surface area contributed by atoms with E-state index < -0.39 is 0 Å². The number of Topliss-reactive ketones (excluding diaryl/α,β-unsaturated/α-hetero) is 2. The smallest absolute Gasteiger partial charge is 0.137 e. The highest BCUT2D eigenvalue weighted by atomic mass is 16.1. The molecule has 0 aromatic carbocycles. The minimum absolute atomic E-state index is 0.140. The summed E-state index contributed by atoms with van der Waals surface area (Å²) in [5, 5.41) is 0. The highest BCUT2D eigenvalue weighted by Crippen LogP contribution is 2.39. The quantitative estimate of drug-likeness (QED) is 0.499. The third-order valence-electron chi connectivity index (χ3n) is 2.67. The van der Waals surface area contributed by atoms with Crippen LogP contribution in [0.3, 0.4) is 0 Å². The van der Waals surface area contributed by atoms with Crippen molar-refractivity contribution in [3.63, 3.8) is 0 Å². The second kappa shape index (κ2) is 1.91. The molecule has 2 saturated carbocycles. The first-order chi connectivity index (χ1) is 4.79. The molecular weight excluding hydrogens is 128 g/mol. The average molecular weight is 138 g/mol. The van der Waals surface area contributed by atoms with Crippen molar-refractivity contribution in [1.82, 2.24) is 0 Å². The van der Waals surface area contributed by atoms with Crippen molar-refractivity contribution in [2.75, 3.05) is 0 Å². The van der Waals surface area contributed by atoms with Gasteiger partial charge in [-0.05, 0) is 12.8 Å². The summed E-state index contributed by atoms with van der Waals surface area (Å²) in [6.07, 6.45) is 3.17. The third kappa shape index (κ3) is 0.648. The van der Waals surface area contributed by atoms with Crippen LogP contribution in [0, 0.1) is 11.8 Å². The molecule has 2 rings (SSSR count). The number of carbonyl (C=O) groups excluding carboxylic acids is 2. The van der Waals surface area contributed by atoms with Gasteiger partial charge in [-0.1, -0.05) is 0 Å². The van der Waals surface area contributed by atoms with Gasteiger partial charge in [-0.2, -0.15) is 0 Å². The fraction of sp³-hybridized carbons (Fsp3) is 0.750. The number of fused-ring (bicyclic) bond motifs is 1. The Morgan fingerprint density at radius 2 is 1.90 bits per heavy atom. The molecule has 2 unspecified atom stereocenters. The Morgan fingerprint density at radius 3 is 2.50 bits per heavy atom. The molecule has 54 valence electrons. The van der Waals surface area contributed by atoms with Gasteiger partial charge in [0.05, 0.1) is 0 Å². The van der Waals surface area contributed by atoms with Crippen LogP contribution in [0.15, 0.2) is 0 Å². The molecule has 0 aliphatic heterocycles. The van der Waals surface area contributed by atoms with E-state index in [0.717, 1.165) is 12.8 Å². The Kier molecular flexibility index (Phi) is 1.16. The molecule has 0 aromatic heterocycles. The maximum absolute atomic E-state index is 11.0. The Labute approximate surface area is 59.6 Å². The Hall–Kier alpha value is -0.660. The van der Waals surface area contributed by atoms with Crippen LogP contribution in [-0.4, -0.2) is 11.6 Å². The van der Waals surface area contributed by atoms with Gasteiger partial charge in [0.2, 0.25) is 0 Å². The van der Waals surface area contributed by atoms with Gasteiger partial charge in [-0.3, -0.25) is 9.59 Å². The molecular formula is C8H10O2. The maximum atomic E-state index is 11.0. The first kappa shape index (κ1) is 6.08. The largest absolute Gasteiger partial charge is 0.299 e. The van der Waals surface area contributed by atoms with E-state index in [1.54, 1.807) is 0 Å². The van der Waals surface area contributed by atoms with Gasteiger partial charge in [-0.25, -0.2) is 0 Å². The zero-order valence-electron chi connectivity index (χ0n) is 5.80. The van der Waals surface area contributed by atoms with Crippen LogP contribution in [0.1, 0.15) is 25.7 Å². The number of rotatable bonds is 0. The monoisotopic (exact) mass is 138 g/mol. The van der Waals surface area contributed by atoms with Gasteiger partial charge in [-0.15, -0.1) is 0 Å². The molecule has 0 aromatic rings. The van der Waals surface area contributed by atoms with Gasteiger partial charge in [0.1, 0.15) is 11.6 Å². The van der Waals surface area contributed by atoms with Crippen LogP contribution in [0.5, 0.6) is 0 Å². The van der Waals surface area contributed by atoms with Gasteiger partial charge < -0.3 is 0 Å². The zero-order chi connectivity index (χ0) is 7.14. The Morgan fingerprint density at radius 1 is 1.10 bits per heavy atom. The first-order valence-electron chi connectivity index (χ1n) is 3.84. The van der Waals surface area contributed by atoms with E-state index in [2.05, 4.69) is 0 Å².